The Labute approximate surface area is 134 Å². The summed E-state index contributed by atoms with van der Waals surface area (Å²) in [5.41, 5.74) is 2.87. The lowest BCUT2D eigenvalue weighted by Crippen LogP contribution is -2.25. The molecule has 0 aliphatic carbocycles. The standard InChI is InChI=1S/C18H19FN4/c19-14-7-5-13(6-8-14)12-23-17(11-15-3-1-9-20-15)22-16-4-2-10-21-18(16)23/h2,4-8,10,15,20H,1,3,9,11-12H2. The maximum Gasteiger partial charge on any atom is 0.160 e. The lowest BCUT2D eigenvalue weighted by Gasteiger charge is -2.12. The van der Waals surface area contributed by atoms with Gasteiger partial charge in [-0.05, 0) is 49.2 Å². The van der Waals surface area contributed by atoms with E-state index in [0.29, 0.717) is 12.6 Å². The van der Waals surface area contributed by atoms with Gasteiger partial charge in [-0.1, -0.05) is 12.1 Å². The number of hydrogen-bond donors (Lipinski definition) is 1. The van der Waals surface area contributed by atoms with Gasteiger partial charge in [-0.3, -0.25) is 0 Å². The van der Waals surface area contributed by atoms with Crippen LogP contribution < -0.4 is 5.32 Å². The minimum atomic E-state index is -0.210. The fraction of sp³-hybridized carbons (Fsp3) is 0.333. The molecular formula is C18H19FN4. The number of aromatic nitrogens is 3. The highest BCUT2D eigenvalue weighted by atomic mass is 19.1. The quantitative estimate of drug-likeness (QED) is 0.806. The van der Waals surface area contributed by atoms with Crippen LogP contribution in [0.4, 0.5) is 4.39 Å². The predicted molar refractivity (Wildman–Crippen MR) is 87.8 cm³/mol. The lowest BCUT2D eigenvalue weighted by atomic mass is 10.1. The Hall–Kier alpha value is -2.27. The molecule has 0 amide bonds. The Balaban J connectivity index is 1.71. The van der Waals surface area contributed by atoms with Crippen molar-refractivity contribution in [3.05, 3.63) is 59.8 Å². The van der Waals surface area contributed by atoms with Crippen LogP contribution in [-0.4, -0.2) is 27.1 Å². The average Bonchev–Trinajstić information content (AvgIpc) is 3.19. The summed E-state index contributed by atoms with van der Waals surface area (Å²) < 4.78 is 15.3. The van der Waals surface area contributed by atoms with Gasteiger partial charge in [0.2, 0.25) is 0 Å². The number of benzene rings is 1. The summed E-state index contributed by atoms with van der Waals surface area (Å²) in [6.07, 6.45) is 5.11. The minimum Gasteiger partial charge on any atom is -0.314 e. The lowest BCUT2D eigenvalue weighted by molar-refractivity contribution is 0.568. The van der Waals surface area contributed by atoms with Crippen molar-refractivity contribution >= 4 is 11.2 Å². The summed E-state index contributed by atoms with van der Waals surface area (Å²) in [6, 6.07) is 11.0. The summed E-state index contributed by atoms with van der Waals surface area (Å²) in [5, 5.41) is 3.52. The van der Waals surface area contributed by atoms with Crippen LogP contribution in [0.15, 0.2) is 42.6 Å². The first-order chi connectivity index (χ1) is 11.3. The van der Waals surface area contributed by atoms with E-state index in [1.165, 1.54) is 25.0 Å². The van der Waals surface area contributed by atoms with Crippen molar-refractivity contribution in [3.63, 3.8) is 0 Å². The van der Waals surface area contributed by atoms with E-state index in [1.807, 2.05) is 24.3 Å². The van der Waals surface area contributed by atoms with Gasteiger partial charge in [0.25, 0.3) is 0 Å². The van der Waals surface area contributed by atoms with E-state index in [4.69, 9.17) is 4.98 Å². The molecule has 118 valence electrons. The molecule has 3 heterocycles. The zero-order valence-corrected chi connectivity index (χ0v) is 12.9. The molecule has 1 unspecified atom stereocenters. The first-order valence-corrected chi connectivity index (χ1v) is 8.07. The molecule has 23 heavy (non-hydrogen) atoms. The van der Waals surface area contributed by atoms with Gasteiger partial charge in [-0.25, -0.2) is 14.4 Å². The molecule has 4 rings (SSSR count). The molecule has 3 aromatic rings. The molecular weight excluding hydrogens is 291 g/mol. The fourth-order valence-electron chi connectivity index (χ4n) is 3.25. The van der Waals surface area contributed by atoms with Crippen LogP contribution in [0, 0.1) is 5.82 Å². The molecule has 5 heteroatoms. The van der Waals surface area contributed by atoms with E-state index in [9.17, 15) is 4.39 Å². The zero-order chi connectivity index (χ0) is 15.6. The highest BCUT2D eigenvalue weighted by molar-refractivity contribution is 5.71. The monoisotopic (exact) mass is 310 g/mol. The molecule has 0 spiro atoms. The number of imidazole rings is 1. The number of fused-ring (bicyclic) bond motifs is 1. The molecule has 1 aliphatic heterocycles. The molecule has 1 aromatic carbocycles. The van der Waals surface area contributed by atoms with Gasteiger partial charge in [0.1, 0.15) is 17.2 Å². The average molecular weight is 310 g/mol. The van der Waals surface area contributed by atoms with E-state index in [1.54, 1.807) is 6.20 Å². The SMILES string of the molecule is Fc1ccc(Cn2c(CC3CCCN3)nc3cccnc32)cc1. The van der Waals surface area contributed by atoms with Crippen LogP contribution in [0.2, 0.25) is 0 Å². The first kappa shape index (κ1) is 14.3. The number of pyridine rings is 1. The Morgan fingerprint density at radius 1 is 1.22 bits per heavy atom. The second-order valence-electron chi connectivity index (χ2n) is 6.08. The summed E-state index contributed by atoms with van der Waals surface area (Å²) in [5.74, 6) is 0.833. The maximum atomic E-state index is 13.1. The van der Waals surface area contributed by atoms with E-state index >= 15 is 0 Å². The Kier molecular flexibility index (Phi) is 3.79. The van der Waals surface area contributed by atoms with Crippen LogP contribution in [0.3, 0.4) is 0 Å². The van der Waals surface area contributed by atoms with Crippen LogP contribution >= 0.6 is 0 Å². The third-order valence-corrected chi connectivity index (χ3v) is 4.43. The fourth-order valence-corrected chi connectivity index (χ4v) is 3.25. The Bertz CT molecular complexity index is 804. The van der Waals surface area contributed by atoms with Gasteiger partial charge < -0.3 is 9.88 Å². The van der Waals surface area contributed by atoms with Gasteiger partial charge >= 0.3 is 0 Å². The summed E-state index contributed by atoms with van der Waals surface area (Å²) in [4.78, 5) is 9.27. The van der Waals surface area contributed by atoms with Crippen molar-refractivity contribution in [2.45, 2.75) is 31.8 Å². The normalized spacial score (nSPS) is 17.9. The van der Waals surface area contributed by atoms with Gasteiger partial charge in [0.05, 0.1) is 6.54 Å². The predicted octanol–water partition coefficient (Wildman–Crippen LogP) is 2.91. The second-order valence-corrected chi connectivity index (χ2v) is 6.08. The maximum absolute atomic E-state index is 13.1. The van der Waals surface area contributed by atoms with Crippen molar-refractivity contribution in [3.8, 4) is 0 Å². The number of nitrogens with one attached hydrogen (secondary N) is 1. The van der Waals surface area contributed by atoms with Crippen LogP contribution in [0.1, 0.15) is 24.2 Å². The van der Waals surface area contributed by atoms with Crippen LogP contribution in [-0.2, 0) is 13.0 Å². The third kappa shape index (κ3) is 2.97. The number of halogens is 1. The summed E-state index contributed by atoms with van der Waals surface area (Å²) in [6.45, 7) is 1.75. The van der Waals surface area contributed by atoms with Gasteiger partial charge in [0, 0.05) is 18.7 Å². The van der Waals surface area contributed by atoms with Gasteiger partial charge in [0.15, 0.2) is 5.65 Å². The van der Waals surface area contributed by atoms with Crippen LogP contribution in [0.25, 0.3) is 11.2 Å². The van der Waals surface area contributed by atoms with Crippen molar-refractivity contribution in [2.24, 2.45) is 0 Å². The third-order valence-electron chi connectivity index (χ3n) is 4.43. The van der Waals surface area contributed by atoms with E-state index in [2.05, 4.69) is 14.9 Å². The topological polar surface area (TPSA) is 42.7 Å². The number of nitrogens with zero attached hydrogens (tertiary/aromatic N) is 3. The summed E-state index contributed by atoms with van der Waals surface area (Å²) >= 11 is 0. The van der Waals surface area contributed by atoms with E-state index < -0.39 is 0 Å². The minimum absolute atomic E-state index is 0.210. The van der Waals surface area contributed by atoms with Gasteiger partial charge in [-0.15, -0.1) is 0 Å². The van der Waals surface area contributed by atoms with Crippen molar-refractivity contribution in [2.75, 3.05) is 6.54 Å². The van der Waals surface area contributed by atoms with Gasteiger partial charge in [-0.2, -0.15) is 0 Å². The van der Waals surface area contributed by atoms with E-state index in [0.717, 1.165) is 35.5 Å². The second kappa shape index (κ2) is 6.08. The first-order valence-electron chi connectivity index (χ1n) is 8.07. The number of rotatable bonds is 4. The molecule has 4 nitrogen and oxygen atoms in total. The number of hydrogen-bond acceptors (Lipinski definition) is 3. The molecule has 0 saturated carbocycles. The molecule has 0 bridgehead atoms. The van der Waals surface area contributed by atoms with Crippen molar-refractivity contribution in [1.82, 2.24) is 19.9 Å². The zero-order valence-electron chi connectivity index (χ0n) is 12.9. The highest BCUT2D eigenvalue weighted by Crippen LogP contribution is 2.19. The molecule has 1 aliphatic rings. The molecule has 1 saturated heterocycles. The molecule has 0 radical (unpaired) electrons. The van der Waals surface area contributed by atoms with Crippen molar-refractivity contribution < 1.29 is 4.39 Å². The van der Waals surface area contributed by atoms with Crippen molar-refractivity contribution in [1.29, 1.82) is 0 Å². The Morgan fingerprint density at radius 2 is 2.09 bits per heavy atom. The molecule has 1 N–H and O–H groups in total. The highest BCUT2D eigenvalue weighted by Gasteiger charge is 2.19. The molecule has 1 atom stereocenters. The van der Waals surface area contributed by atoms with E-state index in [-0.39, 0.29) is 5.82 Å². The Morgan fingerprint density at radius 3 is 2.87 bits per heavy atom. The van der Waals surface area contributed by atoms with Crippen LogP contribution in [0.5, 0.6) is 0 Å². The molecule has 1 fully saturated rings. The summed E-state index contributed by atoms with van der Waals surface area (Å²) in [7, 11) is 0. The largest absolute Gasteiger partial charge is 0.314 e. The smallest absolute Gasteiger partial charge is 0.160 e. The molecule has 2 aromatic heterocycles.